The van der Waals surface area contributed by atoms with Gasteiger partial charge in [-0.2, -0.15) is 0 Å². The van der Waals surface area contributed by atoms with Crippen molar-refractivity contribution in [3.05, 3.63) is 11.9 Å². The van der Waals surface area contributed by atoms with Crippen LogP contribution in [0.15, 0.2) is 6.20 Å². The van der Waals surface area contributed by atoms with E-state index in [1.54, 1.807) is 6.20 Å². The van der Waals surface area contributed by atoms with Crippen LogP contribution in [0.4, 0.5) is 0 Å². The third kappa shape index (κ3) is 4.02. The lowest BCUT2D eigenvalue weighted by Crippen LogP contribution is -2.41. The van der Waals surface area contributed by atoms with Gasteiger partial charge in [-0.1, -0.05) is 0 Å². The van der Waals surface area contributed by atoms with Gasteiger partial charge in [-0.25, -0.2) is 4.98 Å². The molecule has 0 radical (unpaired) electrons. The molecule has 1 aliphatic rings. The molecular formula is C15H26BN2O4P. The molecule has 0 aliphatic carbocycles. The summed E-state index contributed by atoms with van der Waals surface area (Å²) < 4.78 is 30.2. The van der Waals surface area contributed by atoms with Gasteiger partial charge in [0.1, 0.15) is 12.2 Å². The second-order valence-corrected chi connectivity index (χ2v) is 7.63. The first-order valence-electron chi connectivity index (χ1n) is 8.14. The smallest absolute Gasteiger partial charge is 0.473 e. The number of hydrogen-bond donors (Lipinski definition) is 0. The molecule has 0 bridgehead atoms. The third-order valence-electron chi connectivity index (χ3n) is 4.25. The van der Waals surface area contributed by atoms with Crippen molar-refractivity contribution in [2.24, 2.45) is 0 Å². The minimum Gasteiger partial charge on any atom is -0.473 e. The maximum Gasteiger partial charge on any atom is 0.516 e. The van der Waals surface area contributed by atoms with Crippen LogP contribution < -0.4 is 10.3 Å². The van der Waals surface area contributed by atoms with Crippen molar-refractivity contribution in [2.45, 2.75) is 65.3 Å². The lowest BCUT2D eigenvalue weighted by Gasteiger charge is -2.32. The van der Waals surface area contributed by atoms with E-state index in [0.717, 1.165) is 0 Å². The van der Waals surface area contributed by atoms with E-state index in [-0.39, 0.29) is 9.41 Å². The van der Waals surface area contributed by atoms with Crippen molar-refractivity contribution >= 4 is 22.1 Å². The predicted molar refractivity (Wildman–Crippen MR) is 92.9 cm³/mol. The van der Waals surface area contributed by atoms with Crippen LogP contribution in [0, 0.1) is 6.92 Å². The molecule has 0 aromatic carbocycles. The van der Waals surface area contributed by atoms with Crippen LogP contribution in [0.5, 0.6) is 5.88 Å². The summed E-state index contributed by atoms with van der Waals surface area (Å²) in [6.07, 6.45) is 1.62. The lowest BCUT2D eigenvalue weighted by atomic mass is 9.85. The van der Waals surface area contributed by atoms with Gasteiger partial charge in [0, 0.05) is 15.6 Å². The average molecular weight is 342 g/mol. The van der Waals surface area contributed by atoms with Crippen molar-refractivity contribution in [3.63, 3.8) is 0 Å². The fraction of sp³-hybridized carbons (Fsp3) is 0.733. The lowest BCUT2D eigenvalue weighted by molar-refractivity contribution is 0.00578. The number of hydrogen-bond acceptors (Lipinski definition) is 6. The van der Waals surface area contributed by atoms with E-state index in [1.165, 1.54) is 0 Å². The highest BCUT2D eigenvalue weighted by atomic mass is 31.0. The molecule has 8 heteroatoms. The molecule has 0 saturated carbocycles. The highest BCUT2D eigenvalue weighted by Crippen LogP contribution is 2.36. The Kier molecular flexibility index (Phi) is 4.67. The Labute approximate surface area is 142 Å². The second kappa shape index (κ2) is 6.28. The number of aryl methyl sites for hydroxylation is 1. The molecule has 2 heterocycles. The summed E-state index contributed by atoms with van der Waals surface area (Å²) in [5.41, 5.74) is -0.0895. The molecule has 2 rings (SSSR count). The van der Waals surface area contributed by atoms with Gasteiger partial charge >= 0.3 is 7.12 Å². The number of aromatic nitrogens is 2. The van der Waals surface area contributed by atoms with E-state index < -0.39 is 23.9 Å². The number of ether oxygens (including phenoxy) is 1. The van der Waals surface area contributed by atoms with Crippen LogP contribution in [-0.4, -0.2) is 41.8 Å². The van der Waals surface area contributed by atoms with E-state index in [4.69, 9.17) is 19.8 Å². The van der Waals surface area contributed by atoms with Gasteiger partial charge in [0.15, 0.2) is 0 Å². The molecule has 6 nitrogen and oxygen atoms in total. The highest BCUT2D eigenvalue weighted by Gasteiger charge is 2.52. The molecule has 0 amide bonds. The summed E-state index contributed by atoms with van der Waals surface area (Å²) in [6, 6.07) is 0. The summed E-state index contributed by atoms with van der Waals surface area (Å²) in [6.45, 7) is 13.9. The van der Waals surface area contributed by atoms with Gasteiger partial charge in [-0.15, -0.1) is 0 Å². The quantitative estimate of drug-likeness (QED) is 0.582. The topological polar surface area (TPSA) is 62.7 Å². The van der Waals surface area contributed by atoms with E-state index in [2.05, 4.69) is 9.97 Å². The third-order valence-corrected chi connectivity index (χ3v) is 4.80. The monoisotopic (exact) mass is 342 g/mol. The molecule has 1 fully saturated rings. The minimum atomic E-state index is -0.543. The second-order valence-electron chi connectivity index (χ2n) is 7.42. The van der Waals surface area contributed by atoms with Gasteiger partial charge in [0.2, 0.25) is 5.88 Å². The van der Waals surface area contributed by atoms with Gasteiger partial charge in [-0.05, 0) is 48.5 Å². The maximum absolute atomic E-state index is 7.17. The maximum atomic E-state index is 7.17. The van der Waals surface area contributed by atoms with Crippen molar-refractivity contribution in [3.8, 4) is 5.88 Å². The average Bonchev–Trinajstić information content (AvgIpc) is 2.66. The molecule has 1 saturated heterocycles. The van der Waals surface area contributed by atoms with Crippen molar-refractivity contribution in [1.29, 1.82) is 1.28 Å². The fourth-order valence-electron chi connectivity index (χ4n) is 1.98. The zero-order valence-electron chi connectivity index (χ0n) is 15.9. The predicted octanol–water partition coefficient (Wildman–Crippen LogP) is 2.05. The summed E-state index contributed by atoms with van der Waals surface area (Å²) in [7, 11) is -0.877. The zero-order chi connectivity index (χ0) is 18.2. The molecule has 23 heavy (non-hydrogen) atoms. The SMILES string of the molecule is [3H]POC(C)(C)COc1ncc(B2OC(C)(C)C(C)(C)O2)nc1C. The van der Waals surface area contributed by atoms with Crippen LogP contribution in [0.3, 0.4) is 0 Å². The molecule has 1 unspecified atom stereocenters. The molecule has 1 aromatic heterocycles. The molecule has 1 atom stereocenters. The molecule has 128 valence electrons. The largest absolute Gasteiger partial charge is 0.516 e. The van der Waals surface area contributed by atoms with Crippen molar-refractivity contribution in [2.75, 3.05) is 6.61 Å². The van der Waals surface area contributed by atoms with Crippen molar-refractivity contribution in [1.82, 2.24) is 9.97 Å². The molecule has 0 spiro atoms. The molecule has 1 aliphatic heterocycles. The first-order valence-corrected chi connectivity index (χ1v) is 8.05. The van der Waals surface area contributed by atoms with Crippen LogP contribution >= 0.6 is 9.41 Å². The van der Waals surface area contributed by atoms with E-state index >= 15 is 0 Å². The van der Waals surface area contributed by atoms with Crippen LogP contribution in [0.2, 0.25) is 0 Å². The Morgan fingerprint density at radius 3 is 2.43 bits per heavy atom. The van der Waals surface area contributed by atoms with E-state index in [9.17, 15) is 0 Å². The minimum absolute atomic E-state index is 0.296. The van der Waals surface area contributed by atoms with Crippen LogP contribution in [0.1, 0.15) is 47.2 Å². The summed E-state index contributed by atoms with van der Waals surface area (Å²) in [4.78, 5) is 8.86. The van der Waals surface area contributed by atoms with Crippen LogP contribution in [-0.2, 0) is 13.8 Å². The van der Waals surface area contributed by atoms with Crippen LogP contribution in [0.25, 0.3) is 0 Å². The van der Waals surface area contributed by atoms with Gasteiger partial charge in [0.05, 0.1) is 23.8 Å². The Morgan fingerprint density at radius 1 is 1.30 bits per heavy atom. The van der Waals surface area contributed by atoms with Gasteiger partial charge in [-0.3, -0.25) is 4.98 Å². The number of rotatable bonds is 6. The standard InChI is InChI=1S/C15H26BN2O4P/c1-10-12(19-9-13(2,3)22-23)17-8-11(18-10)16-20-14(4,5)15(6,7)21-16/h8H,9,23H2,1-7H3/i23T. The molecular weight excluding hydrogens is 314 g/mol. The van der Waals surface area contributed by atoms with Gasteiger partial charge < -0.3 is 18.6 Å². The first-order chi connectivity index (χ1) is 11.0. The zero-order valence-corrected chi connectivity index (χ0v) is 15.9. The molecule has 0 N–H and O–H groups in total. The Balaban J connectivity index is 2.08. The highest BCUT2D eigenvalue weighted by molar-refractivity contribution is 7.09. The Bertz CT molecular complexity index is 585. The normalized spacial score (nSPS) is 21.0. The van der Waals surface area contributed by atoms with E-state index in [1.807, 2.05) is 48.5 Å². The molecule has 1 aromatic rings. The van der Waals surface area contributed by atoms with Gasteiger partial charge in [0.25, 0.3) is 0 Å². The fourth-order valence-corrected chi connectivity index (χ4v) is 2.04. The first kappa shape index (κ1) is 17.1. The van der Waals surface area contributed by atoms with Crippen molar-refractivity contribution < 1.29 is 18.6 Å². The summed E-state index contributed by atoms with van der Waals surface area (Å²) in [5.74, 6) is 0.445. The Hall–Kier alpha value is -0.745. The summed E-state index contributed by atoms with van der Waals surface area (Å²) in [5, 5.41) is 0. The number of nitrogens with zero attached hydrogens (tertiary/aromatic N) is 2. The Morgan fingerprint density at radius 2 is 1.91 bits per heavy atom. The summed E-state index contributed by atoms with van der Waals surface area (Å²) >= 11 is 0. The van der Waals surface area contributed by atoms with E-state index in [0.29, 0.717) is 23.8 Å².